The van der Waals surface area contributed by atoms with Gasteiger partial charge in [-0.15, -0.1) is 0 Å². The predicted octanol–water partition coefficient (Wildman–Crippen LogP) is 3.49. The minimum atomic E-state index is -0.385. The van der Waals surface area contributed by atoms with Gasteiger partial charge in [0.1, 0.15) is 34.7 Å². The number of benzene rings is 1. The SMILES string of the molecule is Cn1c(=O)c(C#N)c(N(C)[C@H]2CC[C@@H](N(CC3COCCO3)c3ccc(F)cc3)CC2)c2nc(C#N)ccc21. The fourth-order valence-electron chi connectivity index (χ4n) is 5.80. The molecule has 5 rings (SSSR count). The molecule has 0 amide bonds. The third-order valence-corrected chi connectivity index (χ3v) is 7.89. The van der Waals surface area contributed by atoms with Crippen LogP contribution < -0.4 is 15.4 Å². The first-order valence-electron chi connectivity index (χ1n) is 13.2. The molecule has 10 heteroatoms. The predicted molar refractivity (Wildman–Crippen MR) is 145 cm³/mol. The first-order valence-corrected chi connectivity index (χ1v) is 13.2. The van der Waals surface area contributed by atoms with Crippen LogP contribution in [0.3, 0.4) is 0 Å². The van der Waals surface area contributed by atoms with Gasteiger partial charge >= 0.3 is 0 Å². The first kappa shape index (κ1) is 26.6. The molecule has 1 aliphatic heterocycles. The summed E-state index contributed by atoms with van der Waals surface area (Å²) >= 11 is 0. The number of aromatic nitrogens is 2. The Morgan fingerprint density at radius 3 is 2.41 bits per heavy atom. The molecule has 202 valence electrons. The molecule has 1 unspecified atom stereocenters. The van der Waals surface area contributed by atoms with E-state index in [9.17, 15) is 19.7 Å². The van der Waals surface area contributed by atoms with Gasteiger partial charge in [-0.2, -0.15) is 10.5 Å². The summed E-state index contributed by atoms with van der Waals surface area (Å²) < 4.78 is 26.6. The molecule has 1 saturated heterocycles. The Morgan fingerprint density at radius 2 is 1.77 bits per heavy atom. The number of nitrogens with zero attached hydrogens (tertiary/aromatic N) is 6. The molecule has 3 heterocycles. The van der Waals surface area contributed by atoms with E-state index >= 15 is 0 Å². The number of fused-ring (bicyclic) bond motifs is 1. The van der Waals surface area contributed by atoms with Gasteiger partial charge in [-0.1, -0.05) is 0 Å². The largest absolute Gasteiger partial charge is 0.376 e. The summed E-state index contributed by atoms with van der Waals surface area (Å²) in [5, 5.41) is 19.4. The molecular weight excluding hydrogens is 499 g/mol. The Morgan fingerprint density at radius 1 is 1.05 bits per heavy atom. The number of aryl methyl sites for hydroxylation is 1. The molecule has 9 nitrogen and oxygen atoms in total. The number of rotatable bonds is 6. The number of nitriles is 2. The van der Waals surface area contributed by atoms with Crippen LogP contribution in [0.2, 0.25) is 0 Å². The maximum Gasteiger partial charge on any atom is 0.270 e. The third kappa shape index (κ3) is 5.31. The zero-order chi connectivity index (χ0) is 27.5. The van der Waals surface area contributed by atoms with Crippen molar-refractivity contribution in [3.63, 3.8) is 0 Å². The lowest BCUT2D eigenvalue weighted by molar-refractivity contribution is -0.0846. The lowest BCUT2D eigenvalue weighted by atomic mass is 9.88. The number of ether oxygens (including phenoxy) is 2. The fourth-order valence-corrected chi connectivity index (χ4v) is 5.80. The van der Waals surface area contributed by atoms with E-state index in [1.165, 1.54) is 16.7 Å². The average molecular weight is 531 g/mol. The Bertz CT molecular complexity index is 1480. The summed E-state index contributed by atoms with van der Waals surface area (Å²) in [6.45, 7) is 2.33. The monoisotopic (exact) mass is 530 g/mol. The average Bonchev–Trinajstić information content (AvgIpc) is 2.98. The number of halogens is 1. The molecule has 1 aromatic carbocycles. The van der Waals surface area contributed by atoms with Crippen molar-refractivity contribution < 1.29 is 13.9 Å². The van der Waals surface area contributed by atoms with E-state index in [4.69, 9.17) is 9.47 Å². The molecule has 0 N–H and O–H groups in total. The summed E-state index contributed by atoms with van der Waals surface area (Å²) in [4.78, 5) is 21.8. The molecule has 3 aromatic rings. The van der Waals surface area contributed by atoms with Crippen molar-refractivity contribution in [3.8, 4) is 12.1 Å². The molecule has 2 aromatic heterocycles. The zero-order valence-corrected chi connectivity index (χ0v) is 22.1. The molecule has 2 fully saturated rings. The highest BCUT2D eigenvalue weighted by atomic mass is 19.1. The Kier molecular flexibility index (Phi) is 7.78. The molecule has 2 aliphatic rings. The van der Waals surface area contributed by atoms with Crippen LogP contribution >= 0.6 is 0 Å². The van der Waals surface area contributed by atoms with Crippen molar-refractivity contribution in [2.24, 2.45) is 7.05 Å². The summed E-state index contributed by atoms with van der Waals surface area (Å²) in [5.74, 6) is -0.274. The van der Waals surface area contributed by atoms with E-state index in [-0.39, 0.29) is 40.8 Å². The molecule has 0 spiro atoms. The topological polar surface area (TPSA) is 107 Å². The van der Waals surface area contributed by atoms with Crippen molar-refractivity contribution in [2.75, 3.05) is 43.2 Å². The van der Waals surface area contributed by atoms with E-state index in [0.717, 1.165) is 31.4 Å². The summed E-state index contributed by atoms with van der Waals surface area (Å²) in [6, 6.07) is 14.3. The highest BCUT2D eigenvalue weighted by molar-refractivity contribution is 5.92. The highest BCUT2D eigenvalue weighted by Crippen LogP contribution is 2.35. The molecule has 1 aliphatic carbocycles. The number of anilines is 2. The third-order valence-electron chi connectivity index (χ3n) is 7.89. The van der Waals surface area contributed by atoms with Gasteiger partial charge in [-0.25, -0.2) is 9.37 Å². The Labute approximate surface area is 226 Å². The maximum atomic E-state index is 13.7. The number of pyridine rings is 2. The van der Waals surface area contributed by atoms with E-state index < -0.39 is 0 Å². The van der Waals surface area contributed by atoms with Crippen LogP contribution in [0.4, 0.5) is 15.8 Å². The van der Waals surface area contributed by atoms with Crippen LogP contribution in [0.15, 0.2) is 41.2 Å². The van der Waals surface area contributed by atoms with Crippen LogP contribution in [0.25, 0.3) is 11.0 Å². The van der Waals surface area contributed by atoms with Gasteiger partial charge in [0.25, 0.3) is 5.56 Å². The van der Waals surface area contributed by atoms with Crippen molar-refractivity contribution in [3.05, 3.63) is 63.8 Å². The standard InChI is InChI=1S/C29H31FN6O3/c1-34(28-25(16-32)29(37)35(2)26-12-5-20(15-31)33-27(26)28)21-8-10-23(11-9-21)36(17-24-18-38-13-14-39-24)22-6-3-19(30)4-7-22/h3-7,12,21,23-24H,8-11,13-14,17-18H2,1-2H3/t21-,23+,24?. The Balaban J connectivity index is 1.41. The molecule has 0 bridgehead atoms. The lowest BCUT2D eigenvalue weighted by Crippen LogP contribution is -2.48. The second-order valence-electron chi connectivity index (χ2n) is 10.1. The number of hydrogen-bond donors (Lipinski definition) is 0. The lowest BCUT2D eigenvalue weighted by Gasteiger charge is -2.43. The zero-order valence-electron chi connectivity index (χ0n) is 22.1. The summed E-state index contributed by atoms with van der Waals surface area (Å²) in [6.07, 6.45) is 3.30. The number of hydrogen-bond acceptors (Lipinski definition) is 8. The van der Waals surface area contributed by atoms with E-state index in [2.05, 4.69) is 22.0 Å². The molecule has 1 saturated carbocycles. The molecular formula is C29H31FN6O3. The van der Waals surface area contributed by atoms with Gasteiger partial charge in [0.15, 0.2) is 0 Å². The molecule has 39 heavy (non-hydrogen) atoms. The second-order valence-corrected chi connectivity index (χ2v) is 10.1. The van der Waals surface area contributed by atoms with Gasteiger partial charge in [-0.05, 0) is 62.1 Å². The maximum absolute atomic E-state index is 13.7. The van der Waals surface area contributed by atoms with Crippen LogP contribution in [-0.2, 0) is 16.5 Å². The highest BCUT2D eigenvalue weighted by Gasteiger charge is 2.32. The quantitative estimate of drug-likeness (QED) is 0.477. The van der Waals surface area contributed by atoms with E-state index in [0.29, 0.717) is 43.1 Å². The molecule has 1 atom stereocenters. The Hall–Kier alpha value is -3.99. The van der Waals surface area contributed by atoms with Gasteiger partial charge in [0.2, 0.25) is 0 Å². The van der Waals surface area contributed by atoms with Gasteiger partial charge in [-0.3, -0.25) is 4.79 Å². The fraction of sp³-hybridized carbons (Fsp3) is 0.448. The first-order chi connectivity index (χ1) is 18.9. The van der Waals surface area contributed by atoms with Crippen LogP contribution in [0.1, 0.15) is 36.9 Å². The van der Waals surface area contributed by atoms with Crippen molar-refractivity contribution in [1.82, 2.24) is 9.55 Å². The smallest absolute Gasteiger partial charge is 0.270 e. The van der Waals surface area contributed by atoms with Crippen LogP contribution in [0.5, 0.6) is 0 Å². The minimum Gasteiger partial charge on any atom is -0.376 e. The summed E-state index contributed by atoms with van der Waals surface area (Å²) in [7, 11) is 3.51. The summed E-state index contributed by atoms with van der Waals surface area (Å²) in [5.41, 5.74) is 2.33. The van der Waals surface area contributed by atoms with Crippen LogP contribution in [0, 0.1) is 28.5 Å². The van der Waals surface area contributed by atoms with Crippen molar-refractivity contribution >= 4 is 22.4 Å². The van der Waals surface area contributed by atoms with Gasteiger partial charge in [0.05, 0.1) is 37.1 Å². The van der Waals surface area contributed by atoms with E-state index in [1.807, 2.05) is 11.9 Å². The normalized spacial score (nSPS) is 21.2. The van der Waals surface area contributed by atoms with Crippen molar-refractivity contribution in [2.45, 2.75) is 43.9 Å². The minimum absolute atomic E-state index is 0.0274. The van der Waals surface area contributed by atoms with Crippen LogP contribution in [-0.4, -0.2) is 61.2 Å². The van der Waals surface area contributed by atoms with E-state index in [1.54, 1.807) is 31.3 Å². The van der Waals surface area contributed by atoms with Gasteiger partial charge in [0, 0.05) is 38.4 Å². The second kappa shape index (κ2) is 11.4. The van der Waals surface area contributed by atoms with Crippen molar-refractivity contribution in [1.29, 1.82) is 10.5 Å². The van der Waals surface area contributed by atoms with Gasteiger partial charge < -0.3 is 23.8 Å². The molecule has 0 radical (unpaired) electrons.